The molecule has 10 heteroatoms. The van der Waals surface area contributed by atoms with E-state index in [-0.39, 0.29) is 24.9 Å². The van der Waals surface area contributed by atoms with Crippen molar-refractivity contribution in [3.05, 3.63) is 83.4 Å². The first kappa shape index (κ1) is 22.3. The van der Waals surface area contributed by atoms with E-state index in [1.54, 1.807) is 0 Å². The van der Waals surface area contributed by atoms with Crippen molar-refractivity contribution in [1.82, 2.24) is 14.8 Å². The Bertz CT molecular complexity index is 1070. The number of benzene rings is 2. The molecule has 1 unspecified atom stereocenters. The molecule has 0 aliphatic heterocycles. The zero-order chi connectivity index (χ0) is 22.7. The maximum atomic E-state index is 13.2. The summed E-state index contributed by atoms with van der Waals surface area (Å²) in [5.41, 5.74) is -2.79. The van der Waals surface area contributed by atoms with Crippen molar-refractivity contribution in [3.8, 4) is 6.07 Å². The summed E-state index contributed by atoms with van der Waals surface area (Å²) >= 11 is 0. The monoisotopic (exact) mass is 438 g/mol. The molecule has 0 saturated carbocycles. The molecule has 0 saturated heterocycles. The molecule has 1 heterocycles. The van der Waals surface area contributed by atoms with Gasteiger partial charge < -0.3 is 0 Å². The van der Waals surface area contributed by atoms with E-state index < -0.39 is 28.9 Å². The van der Waals surface area contributed by atoms with Crippen molar-refractivity contribution in [3.63, 3.8) is 0 Å². The van der Waals surface area contributed by atoms with E-state index in [2.05, 4.69) is 16.2 Å². The van der Waals surface area contributed by atoms with Crippen molar-refractivity contribution in [1.29, 1.82) is 5.26 Å². The molecule has 0 aliphatic rings. The Balaban J connectivity index is 1.98. The van der Waals surface area contributed by atoms with Gasteiger partial charge in [0.05, 0.1) is 23.7 Å². The van der Waals surface area contributed by atoms with Gasteiger partial charge in [-0.2, -0.15) is 36.7 Å². The Kier molecular flexibility index (Phi) is 6.06. The number of halogens is 6. The van der Waals surface area contributed by atoms with Gasteiger partial charge in [0.25, 0.3) is 0 Å². The lowest BCUT2D eigenvalue weighted by molar-refractivity contribution is -0.138. The number of rotatable bonds is 6. The number of aromatic nitrogens is 3. The molecule has 1 atom stereocenters. The van der Waals surface area contributed by atoms with Gasteiger partial charge >= 0.3 is 12.4 Å². The summed E-state index contributed by atoms with van der Waals surface area (Å²) < 4.78 is 80.0. The number of nitriles is 1. The summed E-state index contributed by atoms with van der Waals surface area (Å²) in [6, 6.07) is 11.1. The minimum Gasteiger partial charge on any atom is -0.251 e. The fraction of sp³-hybridized carbons (Fsp3) is 0.286. The molecule has 0 N–H and O–H groups in total. The molecule has 0 fully saturated rings. The quantitative estimate of drug-likeness (QED) is 0.484. The molecule has 1 aromatic heterocycles. The molecule has 162 valence electrons. The van der Waals surface area contributed by atoms with Crippen LogP contribution in [-0.4, -0.2) is 14.8 Å². The molecule has 0 aliphatic carbocycles. The average molecular weight is 438 g/mol. The molecule has 3 aromatic rings. The third kappa shape index (κ3) is 5.23. The van der Waals surface area contributed by atoms with Gasteiger partial charge in [0.1, 0.15) is 18.1 Å². The van der Waals surface area contributed by atoms with E-state index in [1.807, 2.05) is 0 Å². The molecule has 0 radical (unpaired) electrons. The van der Waals surface area contributed by atoms with Crippen LogP contribution in [0.3, 0.4) is 0 Å². The van der Waals surface area contributed by atoms with Crippen molar-refractivity contribution >= 4 is 0 Å². The summed E-state index contributed by atoms with van der Waals surface area (Å²) in [4.78, 5) is 3.79. The molecule has 3 rings (SSSR count). The first-order chi connectivity index (χ1) is 14.5. The molecule has 31 heavy (non-hydrogen) atoms. The van der Waals surface area contributed by atoms with Crippen LogP contribution in [0.25, 0.3) is 0 Å². The maximum Gasteiger partial charge on any atom is 0.416 e. The van der Waals surface area contributed by atoms with Crippen LogP contribution < -0.4 is 0 Å². The van der Waals surface area contributed by atoms with Gasteiger partial charge in [0.15, 0.2) is 0 Å². The Labute approximate surface area is 173 Å². The van der Waals surface area contributed by atoms with Gasteiger partial charge in [-0.15, -0.1) is 0 Å². The van der Waals surface area contributed by atoms with Crippen molar-refractivity contribution in [2.75, 3.05) is 0 Å². The number of nitrogens with zero attached hydrogens (tertiary/aromatic N) is 4. The number of hydrogen-bond acceptors (Lipinski definition) is 3. The van der Waals surface area contributed by atoms with Crippen LogP contribution in [0.1, 0.15) is 28.7 Å². The predicted molar refractivity (Wildman–Crippen MR) is 98.5 cm³/mol. The topological polar surface area (TPSA) is 54.5 Å². The minimum atomic E-state index is -4.61. The van der Waals surface area contributed by atoms with Crippen LogP contribution in [0.5, 0.6) is 0 Å². The fourth-order valence-electron chi connectivity index (χ4n) is 3.32. The summed E-state index contributed by atoms with van der Waals surface area (Å²) in [6.07, 6.45) is -6.56. The van der Waals surface area contributed by atoms with E-state index in [0.29, 0.717) is 5.56 Å². The van der Waals surface area contributed by atoms with Crippen LogP contribution in [0.15, 0.2) is 61.2 Å². The molecular weight excluding hydrogens is 422 g/mol. The first-order valence-corrected chi connectivity index (χ1v) is 9.11. The molecular formula is C21H16F6N4. The molecule has 0 amide bonds. The van der Waals surface area contributed by atoms with Crippen molar-refractivity contribution in [2.24, 2.45) is 0 Å². The van der Waals surface area contributed by atoms with Gasteiger partial charge in [-0.3, -0.25) is 4.68 Å². The molecule has 0 spiro atoms. The van der Waals surface area contributed by atoms with E-state index in [0.717, 1.165) is 24.3 Å². The summed E-state index contributed by atoms with van der Waals surface area (Å²) in [6.45, 7) is -0.107. The van der Waals surface area contributed by atoms with Crippen LogP contribution in [0.4, 0.5) is 26.3 Å². The predicted octanol–water partition coefficient (Wildman–Crippen LogP) is 5.41. The van der Waals surface area contributed by atoms with Crippen LogP contribution in [-0.2, 0) is 30.7 Å². The summed E-state index contributed by atoms with van der Waals surface area (Å²) in [7, 11) is 0. The first-order valence-electron chi connectivity index (χ1n) is 9.11. The molecule has 2 aromatic carbocycles. The largest absolute Gasteiger partial charge is 0.416 e. The van der Waals surface area contributed by atoms with Gasteiger partial charge in [0.2, 0.25) is 0 Å². The maximum absolute atomic E-state index is 13.2. The van der Waals surface area contributed by atoms with Gasteiger partial charge in [-0.1, -0.05) is 36.4 Å². The van der Waals surface area contributed by atoms with Crippen molar-refractivity contribution in [2.45, 2.75) is 37.2 Å². The van der Waals surface area contributed by atoms with Gasteiger partial charge in [0, 0.05) is 0 Å². The second kappa shape index (κ2) is 8.41. The average Bonchev–Trinajstić information content (AvgIpc) is 3.23. The minimum absolute atomic E-state index is 0.0218. The smallest absolute Gasteiger partial charge is 0.251 e. The van der Waals surface area contributed by atoms with E-state index in [1.165, 1.54) is 41.6 Å². The van der Waals surface area contributed by atoms with Crippen LogP contribution >= 0.6 is 0 Å². The molecule has 0 bridgehead atoms. The number of alkyl halides is 6. The number of aryl methyl sites for hydroxylation is 1. The fourth-order valence-corrected chi connectivity index (χ4v) is 3.32. The van der Waals surface area contributed by atoms with E-state index in [4.69, 9.17) is 0 Å². The highest BCUT2D eigenvalue weighted by molar-refractivity contribution is 5.37. The lowest BCUT2D eigenvalue weighted by atomic mass is 9.76. The molecule has 4 nitrogen and oxygen atoms in total. The zero-order valence-corrected chi connectivity index (χ0v) is 16.0. The van der Waals surface area contributed by atoms with E-state index in [9.17, 15) is 31.6 Å². The Morgan fingerprint density at radius 1 is 0.871 bits per heavy atom. The third-order valence-electron chi connectivity index (χ3n) is 4.95. The normalized spacial score (nSPS) is 14.1. The summed E-state index contributed by atoms with van der Waals surface area (Å²) in [5, 5.41) is 13.9. The van der Waals surface area contributed by atoms with Crippen LogP contribution in [0, 0.1) is 11.3 Å². The second-order valence-corrected chi connectivity index (χ2v) is 7.06. The highest BCUT2D eigenvalue weighted by atomic mass is 19.4. The van der Waals surface area contributed by atoms with Gasteiger partial charge in [-0.05, 0) is 36.1 Å². The van der Waals surface area contributed by atoms with Gasteiger partial charge in [-0.25, -0.2) is 4.98 Å². The Morgan fingerprint density at radius 3 is 2.06 bits per heavy atom. The SMILES string of the molecule is N#CC(CCc1cccc(C(F)(F)F)c1)(Cn1cncn1)c1cccc(C(F)(F)F)c1. The third-order valence-corrected chi connectivity index (χ3v) is 4.95. The highest BCUT2D eigenvalue weighted by Gasteiger charge is 2.37. The van der Waals surface area contributed by atoms with E-state index >= 15 is 0 Å². The lowest BCUT2D eigenvalue weighted by Gasteiger charge is -2.28. The van der Waals surface area contributed by atoms with Crippen molar-refractivity contribution < 1.29 is 26.3 Å². The zero-order valence-electron chi connectivity index (χ0n) is 16.0. The Morgan fingerprint density at radius 2 is 1.48 bits per heavy atom. The summed E-state index contributed by atoms with van der Waals surface area (Å²) in [5.74, 6) is 0. The second-order valence-electron chi connectivity index (χ2n) is 7.06. The standard InChI is InChI=1S/C21H16F6N4/c22-20(23,24)17-5-1-3-15(9-17)7-8-19(11-28,12-31-14-29-13-30-31)16-4-2-6-18(10-16)21(25,26)27/h1-6,9-10,13-14H,7-8,12H2. The Hall–Kier alpha value is -3.35. The highest BCUT2D eigenvalue weighted by Crippen LogP contribution is 2.36. The number of hydrogen-bond donors (Lipinski definition) is 0. The van der Waals surface area contributed by atoms with Crippen LogP contribution in [0.2, 0.25) is 0 Å². The lowest BCUT2D eigenvalue weighted by Crippen LogP contribution is -2.31.